The molecule has 0 aliphatic carbocycles. The Bertz CT molecular complexity index is 1530. The zero-order valence-corrected chi connectivity index (χ0v) is 42.8. The van der Waals surface area contributed by atoms with E-state index in [0.29, 0.717) is 19.3 Å². The fourth-order valence-corrected chi connectivity index (χ4v) is 7.32. The van der Waals surface area contributed by atoms with Gasteiger partial charge in [0.05, 0.1) is 6.61 Å². The Morgan fingerprint density at radius 3 is 1.49 bits per heavy atom. The van der Waals surface area contributed by atoms with E-state index in [9.17, 15) is 34.5 Å². The number of aliphatic hydroxyl groups excluding tert-OH is 2. The number of carbonyl (C=O) groups excluding carboxylic acids is 3. The van der Waals surface area contributed by atoms with E-state index >= 15 is 0 Å². The molecule has 12 nitrogen and oxygen atoms in total. The van der Waals surface area contributed by atoms with Gasteiger partial charge in [-0.3, -0.25) is 14.4 Å². The van der Waals surface area contributed by atoms with Gasteiger partial charge in [0.1, 0.15) is 18.8 Å². The number of carboxylic acids is 1. The molecule has 1 rings (SSSR count). The zero-order valence-electron chi connectivity index (χ0n) is 42.8. The van der Waals surface area contributed by atoms with Crippen molar-refractivity contribution in [2.75, 3.05) is 13.2 Å². The fourth-order valence-electron chi connectivity index (χ4n) is 7.32. The molecule has 12 heteroatoms. The Kier molecular flexibility index (Phi) is 41.1. The minimum Gasteiger partial charge on any atom is -0.479 e. The number of carbonyl (C=O) groups is 4. The average molecular weight is 969 g/mol. The maximum Gasteiger partial charge on any atom is 0.335 e. The van der Waals surface area contributed by atoms with Crippen LogP contribution in [0.4, 0.5) is 0 Å². The summed E-state index contributed by atoms with van der Waals surface area (Å²) < 4.78 is 28.2. The predicted molar refractivity (Wildman–Crippen MR) is 275 cm³/mol. The molecular formula is C57H92O12. The van der Waals surface area contributed by atoms with Crippen molar-refractivity contribution >= 4 is 23.9 Å². The van der Waals surface area contributed by atoms with Gasteiger partial charge in [-0.15, -0.1) is 0 Å². The molecule has 0 spiro atoms. The number of unbranched alkanes of at least 4 members (excludes halogenated alkanes) is 15. The highest BCUT2D eigenvalue weighted by atomic mass is 16.7. The van der Waals surface area contributed by atoms with Gasteiger partial charge < -0.3 is 39.0 Å². The molecule has 0 aromatic rings. The highest BCUT2D eigenvalue weighted by molar-refractivity contribution is 5.74. The van der Waals surface area contributed by atoms with Gasteiger partial charge in [-0.2, -0.15) is 0 Å². The molecule has 1 aliphatic heterocycles. The molecule has 6 atom stereocenters. The third kappa shape index (κ3) is 35.6. The van der Waals surface area contributed by atoms with E-state index in [-0.39, 0.29) is 25.9 Å². The minimum atomic E-state index is -1.91. The first-order valence-corrected chi connectivity index (χ1v) is 26.6. The molecule has 0 bridgehead atoms. The summed E-state index contributed by atoms with van der Waals surface area (Å²) in [5.41, 5.74) is 0. The quantitative estimate of drug-likeness (QED) is 0.0229. The lowest BCUT2D eigenvalue weighted by Gasteiger charge is -2.40. The van der Waals surface area contributed by atoms with Crippen molar-refractivity contribution in [1.82, 2.24) is 0 Å². The number of esters is 3. The van der Waals surface area contributed by atoms with Gasteiger partial charge in [-0.05, 0) is 103 Å². The van der Waals surface area contributed by atoms with Gasteiger partial charge >= 0.3 is 23.9 Å². The number of allylic oxidation sites excluding steroid dienone is 14. The SMILES string of the molecule is CC/C=C\C/C=C\C/C=C\C/C=C\CCCCC(=O)OCC(COC1OC(C(=O)O)C(O)C(O)C1OC(=O)CCCCCCC/C=C\CCCC)OC(=O)CCCCCCC/C=C\C/C=C\CCC. The van der Waals surface area contributed by atoms with Crippen LogP contribution in [0.3, 0.4) is 0 Å². The molecule has 1 fully saturated rings. The molecular weight excluding hydrogens is 877 g/mol. The van der Waals surface area contributed by atoms with Gasteiger partial charge in [0.2, 0.25) is 0 Å². The van der Waals surface area contributed by atoms with Crippen molar-refractivity contribution in [3.63, 3.8) is 0 Å². The molecule has 0 aromatic carbocycles. The third-order valence-electron chi connectivity index (χ3n) is 11.4. The van der Waals surface area contributed by atoms with Crippen LogP contribution in [-0.2, 0) is 42.9 Å². The van der Waals surface area contributed by atoms with E-state index < -0.39 is 67.3 Å². The molecule has 0 radical (unpaired) electrons. The molecule has 6 unspecified atom stereocenters. The van der Waals surface area contributed by atoms with Crippen LogP contribution in [0.5, 0.6) is 0 Å². The molecule has 1 heterocycles. The van der Waals surface area contributed by atoms with E-state index in [1.165, 1.54) is 12.8 Å². The number of aliphatic hydroxyl groups is 2. The van der Waals surface area contributed by atoms with Crippen molar-refractivity contribution in [1.29, 1.82) is 0 Å². The van der Waals surface area contributed by atoms with Crippen LogP contribution < -0.4 is 0 Å². The zero-order chi connectivity index (χ0) is 50.4. The smallest absolute Gasteiger partial charge is 0.335 e. The summed E-state index contributed by atoms with van der Waals surface area (Å²) in [6, 6.07) is 0. The molecule has 0 aromatic heterocycles. The Morgan fingerprint density at radius 1 is 0.493 bits per heavy atom. The summed E-state index contributed by atoms with van der Waals surface area (Å²) in [4.78, 5) is 50.8. The van der Waals surface area contributed by atoms with Crippen LogP contribution in [0.2, 0.25) is 0 Å². The maximum atomic E-state index is 13.1. The van der Waals surface area contributed by atoms with Crippen LogP contribution in [0, 0.1) is 0 Å². The lowest BCUT2D eigenvalue weighted by molar-refractivity contribution is -0.301. The molecule has 69 heavy (non-hydrogen) atoms. The first-order chi connectivity index (χ1) is 33.6. The molecule has 3 N–H and O–H groups in total. The summed E-state index contributed by atoms with van der Waals surface area (Å²) in [6.45, 7) is 5.68. The van der Waals surface area contributed by atoms with Gasteiger partial charge in [0, 0.05) is 19.3 Å². The molecule has 0 amide bonds. The van der Waals surface area contributed by atoms with Crippen LogP contribution in [0.15, 0.2) is 85.1 Å². The van der Waals surface area contributed by atoms with Crippen molar-refractivity contribution in [2.45, 2.75) is 237 Å². The highest BCUT2D eigenvalue weighted by Crippen LogP contribution is 2.26. The third-order valence-corrected chi connectivity index (χ3v) is 11.4. The monoisotopic (exact) mass is 969 g/mol. The second kappa shape index (κ2) is 45.1. The van der Waals surface area contributed by atoms with Crippen molar-refractivity contribution in [3.05, 3.63) is 85.1 Å². The number of hydrogen-bond acceptors (Lipinski definition) is 11. The second-order valence-corrected chi connectivity index (χ2v) is 17.8. The summed E-state index contributed by atoms with van der Waals surface area (Å²) in [6.07, 6.45) is 44.3. The standard InChI is InChI=1S/C57H92O12/c1-4-7-10-13-16-19-22-24-25-27-29-31-34-37-40-43-49(58)65-46-48(67-50(59)44-41-38-35-33-30-26-23-20-17-14-11-8-5-2)47-66-57-55(53(62)52(61)54(69-57)56(63)64)68-51(60)45-42-39-36-32-28-21-18-15-12-9-6-3/h7,10-11,14-16,18-20,23-25,29,31,48,52-55,57,61-62H,4-6,8-9,12-13,17,21-22,26-28,30,32-47H2,1-3H3,(H,63,64)/b10-7-,14-11-,18-15-,19-16-,23-20-,25-24-,31-29-. The van der Waals surface area contributed by atoms with Crippen LogP contribution in [0.25, 0.3) is 0 Å². The largest absolute Gasteiger partial charge is 0.479 e. The second-order valence-electron chi connectivity index (χ2n) is 17.8. The molecule has 1 saturated heterocycles. The van der Waals surface area contributed by atoms with Gasteiger partial charge in [-0.1, -0.05) is 164 Å². The normalized spacial score (nSPS) is 19.3. The van der Waals surface area contributed by atoms with Crippen molar-refractivity contribution < 1.29 is 58.2 Å². The van der Waals surface area contributed by atoms with Crippen LogP contribution in [0.1, 0.15) is 201 Å². The Hall–Kier alpha value is -4.10. The first kappa shape index (κ1) is 62.9. The van der Waals surface area contributed by atoms with Gasteiger partial charge in [0.15, 0.2) is 24.6 Å². The van der Waals surface area contributed by atoms with E-state index in [1.807, 2.05) is 0 Å². The van der Waals surface area contributed by atoms with E-state index in [1.54, 1.807) is 0 Å². The van der Waals surface area contributed by atoms with Gasteiger partial charge in [-0.25, -0.2) is 4.79 Å². The number of aliphatic carboxylic acids is 1. The Labute approximate surface area is 416 Å². The number of ether oxygens (including phenoxy) is 5. The lowest BCUT2D eigenvalue weighted by Crippen LogP contribution is -2.61. The maximum absolute atomic E-state index is 13.1. The van der Waals surface area contributed by atoms with E-state index in [4.69, 9.17) is 23.7 Å². The van der Waals surface area contributed by atoms with Crippen molar-refractivity contribution in [2.24, 2.45) is 0 Å². The number of carboxylic acid groups (broad SMARTS) is 1. The Balaban J connectivity index is 2.78. The number of hydrogen-bond donors (Lipinski definition) is 3. The minimum absolute atomic E-state index is 0.0407. The molecule has 1 aliphatic rings. The van der Waals surface area contributed by atoms with Crippen LogP contribution >= 0.6 is 0 Å². The Morgan fingerprint density at radius 2 is 0.942 bits per heavy atom. The summed E-state index contributed by atoms with van der Waals surface area (Å²) in [7, 11) is 0. The molecule has 392 valence electrons. The van der Waals surface area contributed by atoms with E-state index in [2.05, 4.69) is 106 Å². The summed E-state index contributed by atoms with van der Waals surface area (Å²) in [5, 5.41) is 31.3. The van der Waals surface area contributed by atoms with Crippen LogP contribution in [-0.4, -0.2) is 89.2 Å². The first-order valence-electron chi connectivity index (χ1n) is 26.6. The summed E-state index contributed by atoms with van der Waals surface area (Å²) in [5.74, 6) is -3.22. The fraction of sp³-hybridized carbons (Fsp3) is 0.684. The molecule has 0 saturated carbocycles. The van der Waals surface area contributed by atoms with Crippen molar-refractivity contribution in [3.8, 4) is 0 Å². The lowest BCUT2D eigenvalue weighted by atomic mass is 9.98. The average Bonchev–Trinajstić information content (AvgIpc) is 3.33. The van der Waals surface area contributed by atoms with Gasteiger partial charge in [0.25, 0.3) is 0 Å². The number of rotatable bonds is 43. The topological polar surface area (TPSA) is 175 Å². The van der Waals surface area contributed by atoms with E-state index in [0.717, 1.165) is 128 Å². The predicted octanol–water partition coefficient (Wildman–Crippen LogP) is 12.8. The highest BCUT2D eigenvalue weighted by Gasteiger charge is 2.50. The summed E-state index contributed by atoms with van der Waals surface area (Å²) >= 11 is 0.